The Bertz CT molecular complexity index is 355. The third-order valence-electron chi connectivity index (χ3n) is 2.64. The summed E-state index contributed by atoms with van der Waals surface area (Å²) in [6, 6.07) is 4.75. The van der Waals surface area contributed by atoms with Crippen molar-refractivity contribution >= 4 is 11.4 Å². The SMILES string of the molecule is CCOCC(Nc1ccc(N)cc1F)C(C)C. The van der Waals surface area contributed by atoms with Crippen molar-refractivity contribution in [2.24, 2.45) is 5.92 Å². The molecule has 0 aliphatic rings. The summed E-state index contributed by atoms with van der Waals surface area (Å²) in [5.41, 5.74) is 6.41. The summed E-state index contributed by atoms with van der Waals surface area (Å²) in [5, 5.41) is 3.15. The molecular weight excluding hydrogens is 219 g/mol. The number of nitrogens with one attached hydrogen (secondary N) is 1. The number of nitrogens with two attached hydrogens (primary N) is 1. The van der Waals surface area contributed by atoms with Gasteiger partial charge in [0.05, 0.1) is 18.3 Å². The first-order chi connectivity index (χ1) is 8.04. The van der Waals surface area contributed by atoms with Crippen molar-refractivity contribution in [3.63, 3.8) is 0 Å². The summed E-state index contributed by atoms with van der Waals surface area (Å²) in [7, 11) is 0. The van der Waals surface area contributed by atoms with E-state index in [0.717, 1.165) is 0 Å². The average Bonchev–Trinajstić information content (AvgIpc) is 2.26. The first kappa shape index (κ1) is 13.8. The van der Waals surface area contributed by atoms with Crippen molar-refractivity contribution in [1.82, 2.24) is 0 Å². The molecule has 0 radical (unpaired) electrons. The minimum absolute atomic E-state index is 0.0908. The Hall–Kier alpha value is -1.29. The van der Waals surface area contributed by atoms with Gasteiger partial charge < -0.3 is 15.8 Å². The standard InChI is InChI=1S/C13H21FN2O/c1-4-17-8-13(9(2)3)16-12-6-5-10(15)7-11(12)14/h5-7,9,13,16H,4,8,15H2,1-3H3. The maximum atomic E-state index is 13.6. The van der Waals surface area contributed by atoms with Crippen LogP contribution in [0.3, 0.4) is 0 Å². The maximum Gasteiger partial charge on any atom is 0.148 e. The zero-order chi connectivity index (χ0) is 12.8. The fraction of sp³-hybridized carbons (Fsp3) is 0.538. The molecule has 3 nitrogen and oxygen atoms in total. The molecule has 0 bridgehead atoms. The zero-order valence-corrected chi connectivity index (χ0v) is 10.7. The number of anilines is 2. The molecule has 0 saturated heterocycles. The summed E-state index contributed by atoms with van der Waals surface area (Å²) in [6.45, 7) is 7.33. The van der Waals surface area contributed by atoms with Crippen LogP contribution < -0.4 is 11.1 Å². The second kappa shape index (κ2) is 6.45. The molecule has 0 aromatic heterocycles. The van der Waals surface area contributed by atoms with E-state index in [1.807, 2.05) is 6.92 Å². The molecule has 0 amide bonds. The van der Waals surface area contributed by atoms with Gasteiger partial charge in [-0.15, -0.1) is 0 Å². The number of hydrogen-bond acceptors (Lipinski definition) is 3. The fourth-order valence-corrected chi connectivity index (χ4v) is 1.49. The number of ether oxygens (including phenoxy) is 1. The highest BCUT2D eigenvalue weighted by Crippen LogP contribution is 2.19. The van der Waals surface area contributed by atoms with Crippen molar-refractivity contribution in [3.05, 3.63) is 24.0 Å². The Labute approximate surface area is 102 Å². The minimum atomic E-state index is -0.327. The molecule has 3 N–H and O–H groups in total. The quantitative estimate of drug-likeness (QED) is 0.752. The van der Waals surface area contributed by atoms with Crippen LogP contribution in [0.15, 0.2) is 18.2 Å². The lowest BCUT2D eigenvalue weighted by atomic mass is 10.0. The Morgan fingerprint density at radius 3 is 2.65 bits per heavy atom. The van der Waals surface area contributed by atoms with Gasteiger partial charge in [-0.2, -0.15) is 0 Å². The lowest BCUT2D eigenvalue weighted by Gasteiger charge is -2.23. The highest BCUT2D eigenvalue weighted by Gasteiger charge is 2.15. The zero-order valence-electron chi connectivity index (χ0n) is 10.7. The summed E-state index contributed by atoms with van der Waals surface area (Å²) >= 11 is 0. The summed E-state index contributed by atoms with van der Waals surface area (Å²) in [4.78, 5) is 0. The van der Waals surface area contributed by atoms with Crippen LogP contribution in [0.4, 0.5) is 15.8 Å². The Morgan fingerprint density at radius 2 is 2.12 bits per heavy atom. The topological polar surface area (TPSA) is 47.3 Å². The lowest BCUT2D eigenvalue weighted by Crippen LogP contribution is -2.31. The van der Waals surface area contributed by atoms with Crippen LogP contribution in [0.5, 0.6) is 0 Å². The van der Waals surface area contributed by atoms with Crippen LogP contribution in [0.1, 0.15) is 20.8 Å². The molecule has 4 heteroatoms. The monoisotopic (exact) mass is 240 g/mol. The van der Waals surface area contributed by atoms with E-state index in [-0.39, 0.29) is 11.9 Å². The van der Waals surface area contributed by atoms with Gasteiger partial charge in [0, 0.05) is 12.3 Å². The predicted octanol–water partition coefficient (Wildman–Crippen LogP) is 2.88. The van der Waals surface area contributed by atoms with Gasteiger partial charge in [0.15, 0.2) is 0 Å². The first-order valence-electron chi connectivity index (χ1n) is 5.94. The molecule has 1 atom stereocenters. The molecule has 1 rings (SSSR count). The van der Waals surface area contributed by atoms with Crippen LogP contribution >= 0.6 is 0 Å². The highest BCUT2D eigenvalue weighted by molar-refractivity contribution is 5.53. The second-order valence-electron chi connectivity index (χ2n) is 4.39. The average molecular weight is 240 g/mol. The highest BCUT2D eigenvalue weighted by atomic mass is 19.1. The fourth-order valence-electron chi connectivity index (χ4n) is 1.49. The van der Waals surface area contributed by atoms with E-state index < -0.39 is 0 Å². The van der Waals surface area contributed by atoms with Crippen molar-refractivity contribution in [1.29, 1.82) is 0 Å². The number of hydrogen-bond donors (Lipinski definition) is 2. The molecule has 0 spiro atoms. The van der Waals surface area contributed by atoms with Crippen LogP contribution in [0.2, 0.25) is 0 Å². The van der Waals surface area contributed by atoms with Gasteiger partial charge in [-0.3, -0.25) is 0 Å². The van der Waals surface area contributed by atoms with Gasteiger partial charge in [-0.25, -0.2) is 4.39 Å². The summed E-state index contributed by atoms with van der Waals surface area (Å²) < 4.78 is 19.0. The molecule has 0 fully saturated rings. The maximum absolute atomic E-state index is 13.6. The van der Waals surface area contributed by atoms with E-state index in [2.05, 4.69) is 19.2 Å². The number of rotatable bonds is 6. The lowest BCUT2D eigenvalue weighted by molar-refractivity contribution is 0.126. The van der Waals surface area contributed by atoms with Gasteiger partial charge in [-0.05, 0) is 31.0 Å². The van der Waals surface area contributed by atoms with Gasteiger partial charge in [-0.1, -0.05) is 13.8 Å². The van der Waals surface area contributed by atoms with Gasteiger partial charge in [0.1, 0.15) is 5.82 Å². The van der Waals surface area contributed by atoms with Crippen molar-refractivity contribution < 1.29 is 9.13 Å². The van der Waals surface area contributed by atoms with Crippen molar-refractivity contribution in [2.45, 2.75) is 26.8 Å². The van der Waals surface area contributed by atoms with E-state index in [1.165, 1.54) is 6.07 Å². The third-order valence-corrected chi connectivity index (χ3v) is 2.64. The molecule has 17 heavy (non-hydrogen) atoms. The normalized spacial score (nSPS) is 12.8. The van der Waals surface area contributed by atoms with Crippen molar-refractivity contribution in [2.75, 3.05) is 24.3 Å². The van der Waals surface area contributed by atoms with E-state index in [9.17, 15) is 4.39 Å². The number of nitrogen functional groups attached to an aromatic ring is 1. The molecular formula is C13H21FN2O. The third kappa shape index (κ3) is 4.23. The Balaban J connectivity index is 2.71. The van der Waals surface area contributed by atoms with Crippen LogP contribution in [-0.2, 0) is 4.74 Å². The molecule has 1 aromatic rings. The molecule has 1 aromatic carbocycles. The van der Waals surface area contributed by atoms with Crippen LogP contribution in [0.25, 0.3) is 0 Å². The second-order valence-corrected chi connectivity index (χ2v) is 4.39. The summed E-state index contributed by atoms with van der Waals surface area (Å²) in [5.74, 6) is 0.0330. The molecule has 0 heterocycles. The van der Waals surface area contributed by atoms with Gasteiger partial charge >= 0.3 is 0 Å². The number of benzene rings is 1. The molecule has 0 aliphatic carbocycles. The Morgan fingerprint density at radius 1 is 1.41 bits per heavy atom. The van der Waals surface area contributed by atoms with E-state index in [0.29, 0.717) is 30.5 Å². The van der Waals surface area contributed by atoms with Gasteiger partial charge in [0.2, 0.25) is 0 Å². The minimum Gasteiger partial charge on any atom is -0.399 e. The summed E-state index contributed by atoms with van der Waals surface area (Å²) in [6.07, 6.45) is 0. The van der Waals surface area contributed by atoms with E-state index in [4.69, 9.17) is 10.5 Å². The van der Waals surface area contributed by atoms with Crippen LogP contribution in [-0.4, -0.2) is 19.3 Å². The largest absolute Gasteiger partial charge is 0.399 e. The van der Waals surface area contributed by atoms with Gasteiger partial charge in [0.25, 0.3) is 0 Å². The predicted molar refractivity (Wildman–Crippen MR) is 69.6 cm³/mol. The van der Waals surface area contributed by atoms with E-state index >= 15 is 0 Å². The van der Waals surface area contributed by atoms with E-state index in [1.54, 1.807) is 12.1 Å². The molecule has 0 saturated carbocycles. The number of halogens is 1. The molecule has 96 valence electrons. The molecule has 0 aliphatic heterocycles. The smallest absolute Gasteiger partial charge is 0.148 e. The van der Waals surface area contributed by atoms with Crippen LogP contribution in [0, 0.1) is 11.7 Å². The Kier molecular flexibility index (Phi) is 5.22. The molecule has 1 unspecified atom stereocenters. The first-order valence-corrected chi connectivity index (χ1v) is 5.94. The van der Waals surface area contributed by atoms with Crippen molar-refractivity contribution in [3.8, 4) is 0 Å².